The third-order valence-electron chi connectivity index (χ3n) is 6.85. The number of aromatic amines is 1. The summed E-state index contributed by atoms with van der Waals surface area (Å²) in [4.78, 5) is 3.81. The molecule has 0 aliphatic heterocycles. The first-order valence-electron chi connectivity index (χ1n) is 12.2. The highest BCUT2D eigenvalue weighted by Gasteiger charge is 2.11. The van der Waals surface area contributed by atoms with Gasteiger partial charge in [0.2, 0.25) is 0 Å². The Kier molecular flexibility index (Phi) is 5.68. The first-order chi connectivity index (χ1) is 15.3. The van der Waals surface area contributed by atoms with Crippen molar-refractivity contribution in [3.63, 3.8) is 0 Å². The molecule has 0 spiro atoms. The van der Waals surface area contributed by atoms with Crippen LogP contribution in [0.5, 0.6) is 0 Å². The number of rotatable bonds is 8. The predicted molar refractivity (Wildman–Crippen MR) is 137 cm³/mol. The number of hydrogen-bond donors (Lipinski definition) is 1. The molecule has 0 saturated heterocycles. The predicted octanol–water partition coefficient (Wildman–Crippen LogP) is 9.09. The van der Waals surface area contributed by atoms with Crippen LogP contribution in [0.15, 0.2) is 60.7 Å². The van der Waals surface area contributed by atoms with E-state index in [0.29, 0.717) is 0 Å². The molecule has 0 amide bonds. The van der Waals surface area contributed by atoms with Gasteiger partial charge in [0.1, 0.15) is 0 Å². The summed E-state index contributed by atoms with van der Waals surface area (Å²) >= 11 is 0. The molecule has 158 valence electrons. The van der Waals surface area contributed by atoms with Crippen molar-refractivity contribution in [2.75, 3.05) is 0 Å². The number of aromatic nitrogens is 1. The number of nitrogens with one attached hydrogen (secondary N) is 1. The molecule has 0 bridgehead atoms. The highest BCUT2D eigenvalue weighted by molar-refractivity contribution is 6.22. The van der Waals surface area contributed by atoms with E-state index in [0.717, 1.165) is 0 Å². The fraction of sp³-hybridized carbons (Fsp3) is 0.333. The molecule has 0 aliphatic carbocycles. The van der Waals surface area contributed by atoms with Crippen LogP contribution < -0.4 is 0 Å². The molecule has 5 rings (SSSR count). The molecule has 4 aromatic carbocycles. The maximum Gasteiger partial charge on any atom is 0.0544 e. The van der Waals surface area contributed by atoms with Gasteiger partial charge in [-0.25, -0.2) is 0 Å². The summed E-state index contributed by atoms with van der Waals surface area (Å²) in [6.07, 6.45) is 10.1. The van der Waals surface area contributed by atoms with Crippen LogP contribution in [-0.2, 0) is 12.8 Å². The van der Waals surface area contributed by atoms with Crippen LogP contribution in [0, 0.1) is 0 Å². The molecule has 1 aromatic heterocycles. The molecule has 0 aliphatic rings. The van der Waals surface area contributed by atoms with E-state index in [2.05, 4.69) is 79.5 Å². The minimum Gasteiger partial charge on any atom is -0.353 e. The Hall–Kier alpha value is -2.80. The summed E-state index contributed by atoms with van der Waals surface area (Å²) < 4.78 is 0. The molecule has 0 saturated carbocycles. The number of hydrogen-bond acceptors (Lipinski definition) is 0. The fourth-order valence-electron chi connectivity index (χ4n) is 5.07. The fourth-order valence-corrected chi connectivity index (χ4v) is 5.07. The first kappa shape index (κ1) is 20.1. The van der Waals surface area contributed by atoms with Gasteiger partial charge in [0.25, 0.3) is 0 Å². The summed E-state index contributed by atoms with van der Waals surface area (Å²) in [5.74, 6) is 0. The van der Waals surface area contributed by atoms with Crippen molar-refractivity contribution in [1.29, 1.82) is 0 Å². The van der Waals surface area contributed by atoms with Gasteiger partial charge in [-0.1, -0.05) is 100 Å². The monoisotopic (exact) mass is 407 g/mol. The summed E-state index contributed by atoms with van der Waals surface area (Å²) in [6, 6.07) is 23.3. The number of benzene rings is 4. The van der Waals surface area contributed by atoms with Crippen molar-refractivity contribution in [3.05, 3.63) is 71.8 Å². The maximum atomic E-state index is 3.81. The zero-order valence-electron chi connectivity index (χ0n) is 18.9. The third kappa shape index (κ3) is 3.83. The van der Waals surface area contributed by atoms with Gasteiger partial charge in [-0.05, 0) is 47.6 Å². The molecular formula is C30H33N. The van der Waals surface area contributed by atoms with E-state index in [1.807, 2.05) is 0 Å². The molecule has 0 radical (unpaired) electrons. The quantitative estimate of drug-likeness (QED) is 0.247. The van der Waals surface area contributed by atoms with Crippen LogP contribution >= 0.6 is 0 Å². The lowest BCUT2D eigenvalue weighted by molar-refractivity contribution is 0.718. The van der Waals surface area contributed by atoms with E-state index in [1.165, 1.54) is 106 Å². The Balaban J connectivity index is 1.58. The lowest BCUT2D eigenvalue weighted by Gasteiger charge is -2.05. The van der Waals surface area contributed by atoms with Crippen molar-refractivity contribution in [2.45, 2.75) is 65.2 Å². The molecule has 1 heteroatoms. The van der Waals surface area contributed by atoms with Crippen LogP contribution in [0.25, 0.3) is 43.4 Å². The normalized spacial score (nSPS) is 11.9. The van der Waals surface area contributed by atoms with Gasteiger partial charge < -0.3 is 4.98 Å². The molecule has 0 unspecified atom stereocenters. The van der Waals surface area contributed by atoms with Gasteiger partial charge in [-0.3, -0.25) is 0 Å². The van der Waals surface area contributed by atoms with Crippen LogP contribution in [0.3, 0.4) is 0 Å². The van der Waals surface area contributed by atoms with E-state index < -0.39 is 0 Å². The van der Waals surface area contributed by atoms with Crippen molar-refractivity contribution in [3.8, 4) is 0 Å². The van der Waals surface area contributed by atoms with Crippen LogP contribution in [0.2, 0.25) is 0 Å². The highest BCUT2D eigenvalue weighted by atomic mass is 14.7. The zero-order chi connectivity index (χ0) is 21.2. The number of H-pyrrole nitrogens is 1. The van der Waals surface area contributed by atoms with Crippen LogP contribution in [0.4, 0.5) is 0 Å². The molecular weight excluding hydrogens is 374 g/mol. The average molecular weight is 408 g/mol. The molecule has 1 N–H and O–H groups in total. The van der Waals surface area contributed by atoms with Gasteiger partial charge in [0, 0.05) is 21.5 Å². The summed E-state index contributed by atoms with van der Waals surface area (Å²) in [5, 5.41) is 8.01. The Morgan fingerprint density at radius 3 is 1.42 bits per heavy atom. The van der Waals surface area contributed by atoms with Gasteiger partial charge in [0.15, 0.2) is 0 Å². The number of unbranched alkanes of at least 4 members (excludes halogenated alkanes) is 4. The second-order valence-corrected chi connectivity index (χ2v) is 9.13. The highest BCUT2D eigenvalue weighted by Crippen LogP contribution is 2.35. The number of aryl methyl sites for hydroxylation is 2. The SMILES string of the molecule is CCCCCc1ccc2c(ccc3c4ccc5cc(CCCCC)ccc5c4[nH]c23)c1. The van der Waals surface area contributed by atoms with Gasteiger partial charge in [-0.2, -0.15) is 0 Å². The van der Waals surface area contributed by atoms with Crippen molar-refractivity contribution >= 4 is 43.4 Å². The Morgan fingerprint density at radius 1 is 0.516 bits per heavy atom. The maximum absolute atomic E-state index is 3.81. The second kappa shape index (κ2) is 8.75. The minimum atomic E-state index is 1.18. The van der Waals surface area contributed by atoms with E-state index in [1.54, 1.807) is 0 Å². The smallest absolute Gasteiger partial charge is 0.0544 e. The van der Waals surface area contributed by atoms with Gasteiger partial charge >= 0.3 is 0 Å². The van der Waals surface area contributed by atoms with E-state index >= 15 is 0 Å². The summed E-state index contributed by atoms with van der Waals surface area (Å²) in [7, 11) is 0. The summed E-state index contributed by atoms with van der Waals surface area (Å²) in [5.41, 5.74) is 5.45. The van der Waals surface area contributed by atoms with Gasteiger partial charge in [-0.15, -0.1) is 0 Å². The first-order valence-corrected chi connectivity index (χ1v) is 12.2. The largest absolute Gasteiger partial charge is 0.353 e. The Labute approximate surface area is 185 Å². The molecule has 1 heterocycles. The topological polar surface area (TPSA) is 15.8 Å². The van der Waals surface area contributed by atoms with Gasteiger partial charge in [0.05, 0.1) is 11.0 Å². The van der Waals surface area contributed by atoms with Crippen molar-refractivity contribution < 1.29 is 0 Å². The Bertz CT molecular complexity index is 1250. The molecule has 0 atom stereocenters. The van der Waals surface area contributed by atoms with E-state index in [4.69, 9.17) is 0 Å². The zero-order valence-corrected chi connectivity index (χ0v) is 18.9. The lowest BCUT2D eigenvalue weighted by Crippen LogP contribution is -1.86. The van der Waals surface area contributed by atoms with Crippen molar-refractivity contribution in [1.82, 2.24) is 4.98 Å². The van der Waals surface area contributed by atoms with Crippen LogP contribution in [0.1, 0.15) is 63.5 Å². The molecule has 0 fully saturated rings. The minimum absolute atomic E-state index is 1.18. The average Bonchev–Trinajstić information content (AvgIpc) is 3.18. The standard InChI is InChI=1S/C30H33N/c1-3-5-7-9-21-11-15-25-23(19-21)13-17-27-28-18-14-24-20-22(10-8-6-4-2)12-16-26(24)30(28)31-29(25)27/h11-20,31H,3-10H2,1-2H3. The van der Waals surface area contributed by atoms with E-state index in [-0.39, 0.29) is 0 Å². The van der Waals surface area contributed by atoms with Crippen LogP contribution in [-0.4, -0.2) is 4.98 Å². The third-order valence-corrected chi connectivity index (χ3v) is 6.85. The Morgan fingerprint density at radius 2 is 0.968 bits per heavy atom. The molecule has 5 aromatic rings. The summed E-state index contributed by atoms with van der Waals surface area (Å²) in [6.45, 7) is 4.54. The second-order valence-electron chi connectivity index (χ2n) is 9.13. The van der Waals surface area contributed by atoms with E-state index in [9.17, 15) is 0 Å². The van der Waals surface area contributed by atoms with Crippen molar-refractivity contribution in [2.24, 2.45) is 0 Å². The molecule has 1 nitrogen and oxygen atoms in total. The lowest BCUT2D eigenvalue weighted by atomic mass is 9.99. The number of fused-ring (bicyclic) bond motifs is 7. The molecule has 31 heavy (non-hydrogen) atoms.